The number of hydrogen-bond acceptors (Lipinski definition) is 4. The first-order valence-electron chi connectivity index (χ1n) is 20.4. The lowest BCUT2D eigenvalue weighted by Gasteiger charge is -2.26. The van der Waals surface area contributed by atoms with Crippen molar-refractivity contribution < 1.29 is 4.42 Å². The molecule has 5 nitrogen and oxygen atoms in total. The van der Waals surface area contributed by atoms with E-state index in [4.69, 9.17) is 14.4 Å². The third-order valence-corrected chi connectivity index (χ3v) is 12.4. The molecule has 13 rings (SSSR count). The average Bonchev–Trinajstić information content (AvgIpc) is 3.85. The number of amidine groups is 2. The van der Waals surface area contributed by atoms with Crippen LogP contribution in [-0.4, -0.2) is 16.2 Å². The zero-order chi connectivity index (χ0) is 39.3. The van der Waals surface area contributed by atoms with Crippen LogP contribution in [0.2, 0.25) is 0 Å². The molecule has 1 N–H and O–H groups in total. The molecule has 1 aliphatic heterocycles. The lowest BCUT2D eigenvalue weighted by molar-refractivity contribution is 0.667. The van der Waals surface area contributed by atoms with Crippen molar-refractivity contribution in [1.82, 2.24) is 9.88 Å². The van der Waals surface area contributed by atoms with Crippen molar-refractivity contribution in [3.63, 3.8) is 0 Å². The number of furan rings is 1. The van der Waals surface area contributed by atoms with Crippen LogP contribution < -0.4 is 5.32 Å². The molecule has 0 fully saturated rings. The highest BCUT2D eigenvalue weighted by Crippen LogP contribution is 2.44. The first kappa shape index (κ1) is 33.0. The van der Waals surface area contributed by atoms with Gasteiger partial charge >= 0.3 is 0 Å². The zero-order valence-electron chi connectivity index (χ0n) is 32.3. The lowest BCUT2D eigenvalue weighted by Crippen LogP contribution is -2.36. The molecule has 1 aliphatic rings. The SMILES string of the molecule is c1ccc2cc3c(cc2c1)c1ccccc1n3-c1ccc2oc3ccccc3c2c1C1N=C(c2cccc3ccccc23)NC(c2cc3ccccc3c3ccccc23)=N1. The summed E-state index contributed by atoms with van der Waals surface area (Å²) in [5.41, 5.74) is 7.91. The summed E-state index contributed by atoms with van der Waals surface area (Å²) in [6.07, 6.45) is -0.656. The minimum Gasteiger partial charge on any atom is -0.456 e. The van der Waals surface area contributed by atoms with Crippen molar-refractivity contribution in [1.29, 1.82) is 0 Å². The van der Waals surface area contributed by atoms with E-state index in [0.717, 1.165) is 88.6 Å². The number of rotatable bonds is 4. The molecule has 2 aromatic heterocycles. The van der Waals surface area contributed by atoms with Gasteiger partial charge in [-0.3, -0.25) is 0 Å². The van der Waals surface area contributed by atoms with E-state index in [1.54, 1.807) is 0 Å². The minimum absolute atomic E-state index is 0.656. The van der Waals surface area contributed by atoms with Crippen LogP contribution in [-0.2, 0) is 0 Å². The van der Waals surface area contributed by atoms with Crippen LogP contribution >= 0.6 is 0 Å². The van der Waals surface area contributed by atoms with Gasteiger partial charge in [-0.2, -0.15) is 0 Å². The molecule has 0 bridgehead atoms. The average molecular weight is 767 g/mol. The van der Waals surface area contributed by atoms with Gasteiger partial charge in [0.2, 0.25) is 0 Å². The van der Waals surface area contributed by atoms with Crippen molar-refractivity contribution in [3.05, 3.63) is 211 Å². The molecule has 0 spiro atoms. The summed E-state index contributed by atoms with van der Waals surface area (Å²) in [7, 11) is 0. The number of fused-ring (bicyclic) bond motifs is 11. The number of benzene rings is 10. The molecular formula is C55H34N4O. The third-order valence-electron chi connectivity index (χ3n) is 12.4. The van der Waals surface area contributed by atoms with E-state index in [-0.39, 0.29) is 0 Å². The predicted octanol–water partition coefficient (Wildman–Crippen LogP) is 13.8. The van der Waals surface area contributed by atoms with Gasteiger partial charge in [-0.15, -0.1) is 0 Å². The van der Waals surface area contributed by atoms with Crippen molar-refractivity contribution in [2.24, 2.45) is 9.98 Å². The van der Waals surface area contributed by atoms with Crippen LogP contribution in [0.25, 0.3) is 92.5 Å². The fourth-order valence-electron chi connectivity index (χ4n) is 9.74. The van der Waals surface area contributed by atoms with Crippen LogP contribution in [0.1, 0.15) is 22.9 Å². The van der Waals surface area contributed by atoms with Crippen LogP contribution in [0.5, 0.6) is 0 Å². The number of hydrogen-bond donors (Lipinski definition) is 1. The summed E-state index contributed by atoms with van der Waals surface area (Å²) >= 11 is 0. The molecule has 1 atom stereocenters. The van der Waals surface area contributed by atoms with Crippen LogP contribution in [0.15, 0.2) is 209 Å². The maximum Gasteiger partial charge on any atom is 0.172 e. The highest BCUT2D eigenvalue weighted by Gasteiger charge is 2.30. The standard InChI is InChI=1S/C55H34N4O/c1-2-16-35-32-48-44(30-34(35)15-1)41-23-9-11-26-46(41)59(48)47-28-29-50-51(43-24-10-12-27-49(43)60-50)52(47)55-57-53(42-25-13-18-33-14-3-5-19-37(33)42)56-54(58-55)45-31-36-17-4-6-20-38(36)39-21-7-8-22-40(39)45/h1-32,55H,(H,56,57,58). The second kappa shape index (κ2) is 12.7. The Morgan fingerprint density at radius 3 is 1.85 bits per heavy atom. The quantitative estimate of drug-likeness (QED) is 0.181. The van der Waals surface area contributed by atoms with E-state index in [1.165, 1.54) is 32.3 Å². The molecule has 3 heterocycles. The third kappa shape index (κ3) is 4.87. The first-order valence-corrected chi connectivity index (χ1v) is 20.4. The molecule has 0 amide bonds. The Hall–Kier alpha value is -8.02. The van der Waals surface area contributed by atoms with Crippen molar-refractivity contribution >= 4 is 98.5 Å². The van der Waals surface area contributed by atoms with Gasteiger partial charge in [-0.1, -0.05) is 152 Å². The highest BCUT2D eigenvalue weighted by atomic mass is 16.3. The van der Waals surface area contributed by atoms with E-state index >= 15 is 0 Å². The van der Waals surface area contributed by atoms with Crippen LogP contribution in [0, 0.1) is 0 Å². The van der Waals surface area contributed by atoms with Crippen molar-refractivity contribution in [2.75, 3.05) is 0 Å². The number of nitrogens with one attached hydrogen (secondary N) is 1. The minimum atomic E-state index is -0.656. The Morgan fingerprint density at radius 2 is 1.02 bits per heavy atom. The van der Waals surface area contributed by atoms with E-state index in [0.29, 0.717) is 0 Å². The van der Waals surface area contributed by atoms with E-state index in [1.807, 2.05) is 6.07 Å². The van der Waals surface area contributed by atoms with Crippen molar-refractivity contribution in [2.45, 2.75) is 6.17 Å². The summed E-state index contributed by atoms with van der Waals surface area (Å²) in [6.45, 7) is 0. The molecule has 5 heteroatoms. The summed E-state index contributed by atoms with van der Waals surface area (Å²) in [6, 6.07) is 69.2. The Balaban J connectivity index is 1.17. The molecular weight excluding hydrogens is 733 g/mol. The summed E-state index contributed by atoms with van der Waals surface area (Å²) in [5, 5.41) is 17.6. The monoisotopic (exact) mass is 766 g/mol. The van der Waals surface area contributed by atoms with Gasteiger partial charge in [0.25, 0.3) is 0 Å². The maximum absolute atomic E-state index is 6.65. The Kier molecular flexibility index (Phi) is 7.01. The van der Waals surface area contributed by atoms with Crippen LogP contribution in [0.3, 0.4) is 0 Å². The largest absolute Gasteiger partial charge is 0.456 e. The molecule has 60 heavy (non-hydrogen) atoms. The number of para-hydroxylation sites is 2. The second-order valence-corrected chi connectivity index (χ2v) is 15.7. The fraction of sp³-hybridized carbons (Fsp3) is 0.0182. The maximum atomic E-state index is 6.65. The Labute approximate surface area is 344 Å². The summed E-state index contributed by atoms with van der Waals surface area (Å²) < 4.78 is 9.07. The second-order valence-electron chi connectivity index (χ2n) is 15.7. The van der Waals surface area contributed by atoms with E-state index < -0.39 is 6.17 Å². The smallest absolute Gasteiger partial charge is 0.172 e. The first-order chi connectivity index (χ1) is 29.7. The molecule has 0 saturated heterocycles. The molecule has 1 unspecified atom stereocenters. The summed E-state index contributed by atoms with van der Waals surface area (Å²) in [4.78, 5) is 11.4. The molecule has 0 saturated carbocycles. The molecule has 10 aromatic carbocycles. The molecule has 280 valence electrons. The highest BCUT2D eigenvalue weighted by molar-refractivity contribution is 6.25. The van der Waals surface area contributed by atoms with Crippen molar-refractivity contribution in [3.8, 4) is 5.69 Å². The molecule has 12 aromatic rings. The van der Waals surface area contributed by atoms with Gasteiger partial charge in [0.15, 0.2) is 6.17 Å². The summed E-state index contributed by atoms with van der Waals surface area (Å²) in [5.74, 6) is 1.53. The predicted molar refractivity (Wildman–Crippen MR) is 250 cm³/mol. The molecule has 0 aliphatic carbocycles. The van der Waals surface area contributed by atoms with Crippen LogP contribution in [0.4, 0.5) is 0 Å². The van der Waals surface area contributed by atoms with Gasteiger partial charge in [-0.05, 0) is 85.6 Å². The molecule has 0 radical (unpaired) electrons. The van der Waals surface area contributed by atoms with Gasteiger partial charge in [0.1, 0.15) is 22.8 Å². The van der Waals surface area contributed by atoms with Gasteiger partial charge in [0.05, 0.1) is 16.7 Å². The normalized spacial score (nSPS) is 14.5. The van der Waals surface area contributed by atoms with Gasteiger partial charge in [-0.25, -0.2) is 9.98 Å². The van der Waals surface area contributed by atoms with E-state index in [9.17, 15) is 0 Å². The van der Waals surface area contributed by atoms with Gasteiger partial charge in [0, 0.05) is 38.2 Å². The lowest BCUT2D eigenvalue weighted by atomic mass is 9.95. The van der Waals surface area contributed by atoms with E-state index in [2.05, 4.69) is 198 Å². The van der Waals surface area contributed by atoms with Gasteiger partial charge < -0.3 is 14.3 Å². The fourth-order valence-corrected chi connectivity index (χ4v) is 9.74. The topological polar surface area (TPSA) is 54.8 Å². The zero-order valence-corrected chi connectivity index (χ0v) is 32.3. The number of aromatic nitrogens is 1. The Morgan fingerprint density at radius 1 is 0.400 bits per heavy atom. The number of aliphatic imine (C=N–C) groups is 2. The Bertz CT molecular complexity index is 3820. The number of nitrogens with zero attached hydrogens (tertiary/aromatic N) is 3.